The summed E-state index contributed by atoms with van der Waals surface area (Å²) in [5.41, 5.74) is 1.59. The highest BCUT2D eigenvalue weighted by Gasteiger charge is 2.08. The number of H-pyrrole nitrogens is 1. The smallest absolute Gasteiger partial charge is 0.339 e. The molecule has 1 N–H and O–H groups in total. The maximum absolute atomic E-state index is 11.5. The minimum atomic E-state index is -0.282. The second kappa shape index (κ2) is 7.38. The number of carbonyl (C=O) groups is 1. The lowest BCUT2D eigenvalue weighted by molar-refractivity contribution is 0.0526. The summed E-state index contributed by atoms with van der Waals surface area (Å²) in [6, 6.07) is 11.6. The Kier molecular flexibility index (Phi) is 5.24. The fourth-order valence-corrected chi connectivity index (χ4v) is 1.89. The largest absolute Gasteiger partial charge is 0.494 e. The third kappa shape index (κ3) is 4.16. The van der Waals surface area contributed by atoms with Crippen molar-refractivity contribution in [1.82, 2.24) is 4.98 Å². The normalized spacial score (nSPS) is 10.2. The van der Waals surface area contributed by atoms with Crippen LogP contribution in [-0.4, -0.2) is 24.2 Å². The summed E-state index contributed by atoms with van der Waals surface area (Å²) in [6.45, 7) is 2.84. The summed E-state index contributed by atoms with van der Waals surface area (Å²) in [4.78, 5) is 14.6. The van der Waals surface area contributed by atoms with Gasteiger partial charge in [0.05, 0.1) is 18.8 Å². The number of benzene rings is 1. The van der Waals surface area contributed by atoms with Crippen LogP contribution >= 0.6 is 0 Å². The highest BCUT2D eigenvalue weighted by molar-refractivity contribution is 5.89. The van der Waals surface area contributed by atoms with E-state index in [4.69, 9.17) is 9.47 Å². The Hall–Kier alpha value is -2.23. The highest BCUT2D eigenvalue weighted by atomic mass is 16.5. The zero-order chi connectivity index (χ0) is 14.2. The molecule has 0 aliphatic carbocycles. The van der Waals surface area contributed by atoms with Crippen LogP contribution < -0.4 is 4.74 Å². The minimum absolute atomic E-state index is 0.282. The lowest BCUT2D eigenvalue weighted by Gasteiger charge is -2.04. The Morgan fingerprint density at radius 3 is 2.80 bits per heavy atom. The molecule has 1 aromatic carbocycles. The first-order chi connectivity index (χ1) is 9.79. The summed E-state index contributed by atoms with van der Waals surface area (Å²) in [5, 5.41) is 0. The van der Waals surface area contributed by atoms with Gasteiger partial charge >= 0.3 is 5.97 Å². The van der Waals surface area contributed by atoms with E-state index >= 15 is 0 Å². The number of hydrogen-bond acceptors (Lipinski definition) is 3. The van der Waals surface area contributed by atoms with Crippen molar-refractivity contribution in [2.45, 2.75) is 19.8 Å². The summed E-state index contributed by atoms with van der Waals surface area (Å²) < 4.78 is 10.6. The van der Waals surface area contributed by atoms with Crippen molar-refractivity contribution in [3.63, 3.8) is 0 Å². The fraction of sp³-hybridized carbons (Fsp3) is 0.312. The van der Waals surface area contributed by atoms with Crippen LogP contribution in [0.4, 0.5) is 0 Å². The van der Waals surface area contributed by atoms with Crippen LogP contribution in [0.2, 0.25) is 0 Å². The van der Waals surface area contributed by atoms with Crippen LogP contribution in [0.1, 0.15) is 29.4 Å². The zero-order valence-electron chi connectivity index (χ0n) is 11.6. The van der Waals surface area contributed by atoms with E-state index in [1.54, 1.807) is 13.1 Å². The SMILES string of the molecule is CCOC(=O)c1c[nH]c(CCCOc2ccccc2)c1. The topological polar surface area (TPSA) is 51.3 Å². The Balaban J connectivity index is 1.73. The van der Waals surface area contributed by atoms with E-state index in [-0.39, 0.29) is 5.97 Å². The van der Waals surface area contributed by atoms with Crippen LogP contribution in [0.25, 0.3) is 0 Å². The molecule has 0 radical (unpaired) electrons. The van der Waals surface area contributed by atoms with Gasteiger partial charge in [0.15, 0.2) is 0 Å². The lowest BCUT2D eigenvalue weighted by atomic mass is 10.2. The highest BCUT2D eigenvalue weighted by Crippen LogP contribution is 2.10. The van der Waals surface area contributed by atoms with Crippen molar-refractivity contribution in [1.29, 1.82) is 0 Å². The fourth-order valence-electron chi connectivity index (χ4n) is 1.89. The summed E-state index contributed by atoms with van der Waals surface area (Å²) in [6.07, 6.45) is 3.41. The molecule has 20 heavy (non-hydrogen) atoms. The predicted octanol–water partition coefficient (Wildman–Crippen LogP) is 3.20. The molecular weight excluding hydrogens is 254 g/mol. The number of nitrogens with one attached hydrogen (secondary N) is 1. The van der Waals surface area contributed by atoms with E-state index in [0.29, 0.717) is 18.8 Å². The van der Waals surface area contributed by atoms with Crippen molar-refractivity contribution in [3.05, 3.63) is 53.9 Å². The summed E-state index contributed by atoms with van der Waals surface area (Å²) in [5.74, 6) is 0.599. The average molecular weight is 273 g/mol. The van der Waals surface area contributed by atoms with E-state index in [2.05, 4.69) is 4.98 Å². The van der Waals surface area contributed by atoms with Gasteiger partial charge in [0.2, 0.25) is 0 Å². The monoisotopic (exact) mass is 273 g/mol. The number of para-hydroxylation sites is 1. The van der Waals surface area contributed by atoms with Gasteiger partial charge in [0.1, 0.15) is 5.75 Å². The number of carbonyl (C=O) groups excluding carboxylic acids is 1. The molecule has 106 valence electrons. The van der Waals surface area contributed by atoms with Crippen LogP contribution in [-0.2, 0) is 11.2 Å². The zero-order valence-corrected chi connectivity index (χ0v) is 11.6. The number of rotatable bonds is 7. The number of aromatic nitrogens is 1. The van der Waals surface area contributed by atoms with Gasteiger partial charge in [-0.15, -0.1) is 0 Å². The first kappa shape index (κ1) is 14.2. The molecule has 0 saturated heterocycles. The van der Waals surface area contributed by atoms with Crippen LogP contribution in [0.3, 0.4) is 0 Å². The van der Waals surface area contributed by atoms with Gasteiger partial charge in [-0.3, -0.25) is 0 Å². The second-order valence-electron chi connectivity index (χ2n) is 4.40. The molecule has 1 aromatic heterocycles. The molecule has 4 nitrogen and oxygen atoms in total. The van der Waals surface area contributed by atoms with Crippen molar-refractivity contribution >= 4 is 5.97 Å². The molecule has 0 fully saturated rings. The minimum Gasteiger partial charge on any atom is -0.494 e. The van der Waals surface area contributed by atoms with Crippen LogP contribution in [0.5, 0.6) is 5.75 Å². The molecule has 2 aromatic rings. The first-order valence-corrected chi connectivity index (χ1v) is 6.82. The summed E-state index contributed by atoms with van der Waals surface area (Å²) >= 11 is 0. The standard InChI is InChI=1S/C16H19NO3/c1-2-19-16(18)13-11-14(17-12-13)7-6-10-20-15-8-4-3-5-9-15/h3-5,8-9,11-12,17H,2,6-7,10H2,1H3. The number of esters is 1. The second-order valence-corrected chi connectivity index (χ2v) is 4.40. The lowest BCUT2D eigenvalue weighted by Crippen LogP contribution is -2.02. The Labute approximate surface area is 118 Å². The molecule has 0 amide bonds. The maximum atomic E-state index is 11.5. The van der Waals surface area contributed by atoms with Crippen LogP contribution in [0, 0.1) is 0 Å². The van der Waals surface area contributed by atoms with Gasteiger partial charge in [-0.05, 0) is 38.0 Å². The van der Waals surface area contributed by atoms with Crippen molar-refractivity contribution < 1.29 is 14.3 Å². The maximum Gasteiger partial charge on any atom is 0.339 e. The van der Waals surface area contributed by atoms with Crippen molar-refractivity contribution in [2.75, 3.05) is 13.2 Å². The molecular formula is C16H19NO3. The molecule has 1 heterocycles. The molecule has 0 spiro atoms. The predicted molar refractivity (Wildman–Crippen MR) is 77.0 cm³/mol. The Bertz CT molecular complexity index is 534. The number of ether oxygens (including phenoxy) is 2. The van der Waals surface area contributed by atoms with Gasteiger partial charge in [0, 0.05) is 11.9 Å². The van der Waals surface area contributed by atoms with Gasteiger partial charge in [-0.1, -0.05) is 18.2 Å². The number of aromatic amines is 1. The Morgan fingerprint density at radius 2 is 2.05 bits per heavy atom. The quantitative estimate of drug-likeness (QED) is 0.622. The summed E-state index contributed by atoms with van der Waals surface area (Å²) in [7, 11) is 0. The average Bonchev–Trinajstić information content (AvgIpc) is 2.94. The van der Waals surface area contributed by atoms with E-state index in [9.17, 15) is 4.79 Å². The number of aryl methyl sites for hydroxylation is 1. The van der Waals surface area contributed by atoms with Gasteiger partial charge in [0.25, 0.3) is 0 Å². The van der Waals surface area contributed by atoms with Crippen LogP contribution in [0.15, 0.2) is 42.6 Å². The number of hydrogen-bond donors (Lipinski definition) is 1. The molecule has 0 saturated carbocycles. The molecule has 4 heteroatoms. The van der Waals surface area contributed by atoms with Crippen molar-refractivity contribution in [3.8, 4) is 5.75 Å². The van der Waals surface area contributed by atoms with Gasteiger partial charge in [-0.2, -0.15) is 0 Å². The third-order valence-corrected chi connectivity index (χ3v) is 2.86. The van der Waals surface area contributed by atoms with E-state index in [1.165, 1.54) is 0 Å². The third-order valence-electron chi connectivity index (χ3n) is 2.86. The molecule has 0 bridgehead atoms. The van der Waals surface area contributed by atoms with Crippen molar-refractivity contribution in [2.24, 2.45) is 0 Å². The van der Waals surface area contributed by atoms with Gasteiger partial charge < -0.3 is 14.5 Å². The molecule has 0 unspecified atom stereocenters. The van der Waals surface area contributed by atoms with E-state index in [1.807, 2.05) is 36.4 Å². The first-order valence-electron chi connectivity index (χ1n) is 6.82. The van der Waals surface area contributed by atoms with E-state index in [0.717, 1.165) is 24.3 Å². The van der Waals surface area contributed by atoms with Gasteiger partial charge in [-0.25, -0.2) is 4.79 Å². The Morgan fingerprint density at radius 1 is 1.25 bits per heavy atom. The molecule has 0 atom stereocenters. The molecule has 2 rings (SSSR count). The van der Waals surface area contributed by atoms with E-state index < -0.39 is 0 Å². The molecule has 0 aliphatic heterocycles. The molecule has 0 aliphatic rings.